The highest BCUT2D eigenvalue weighted by Gasteiger charge is 2.16. The monoisotopic (exact) mass is 240 g/mol. The number of likely N-dealkylation sites (N-methyl/N-ethyl adjacent to an activating group) is 1. The van der Waals surface area contributed by atoms with Gasteiger partial charge in [-0.2, -0.15) is 0 Å². The first-order valence-electron chi connectivity index (χ1n) is 5.54. The summed E-state index contributed by atoms with van der Waals surface area (Å²) >= 11 is 0. The molecule has 0 fully saturated rings. The molecule has 0 amide bonds. The molecule has 96 valence electrons. The lowest BCUT2D eigenvalue weighted by atomic mass is 10.2. The SMILES string of the molecule is C[N+](C)(C)CC(O)COc1ccc(N)cc1N. The Bertz CT molecular complexity index is 375. The predicted molar refractivity (Wildman–Crippen MR) is 69.7 cm³/mol. The summed E-state index contributed by atoms with van der Waals surface area (Å²) in [6.45, 7) is 0.846. The van der Waals surface area contributed by atoms with Gasteiger partial charge in [0.1, 0.15) is 25.0 Å². The van der Waals surface area contributed by atoms with Crippen molar-refractivity contribution < 1.29 is 14.3 Å². The maximum Gasteiger partial charge on any atom is 0.142 e. The zero-order chi connectivity index (χ0) is 13.1. The fraction of sp³-hybridized carbons (Fsp3) is 0.500. The van der Waals surface area contributed by atoms with Gasteiger partial charge in [-0.1, -0.05) is 0 Å². The summed E-state index contributed by atoms with van der Waals surface area (Å²) in [6, 6.07) is 5.07. The summed E-state index contributed by atoms with van der Waals surface area (Å²) in [7, 11) is 6.04. The fourth-order valence-electron chi connectivity index (χ4n) is 1.57. The van der Waals surface area contributed by atoms with Gasteiger partial charge in [0.05, 0.1) is 26.8 Å². The second-order valence-electron chi connectivity index (χ2n) is 5.23. The lowest BCUT2D eigenvalue weighted by Crippen LogP contribution is -2.43. The van der Waals surface area contributed by atoms with Gasteiger partial charge in [-0.05, 0) is 18.2 Å². The first-order chi connectivity index (χ1) is 7.78. The second-order valence-corrected chi connectivity index (χ2v) is 5.23. The van der Waals surface area contributed by atoms with Gasteiger partial charge in [0.25, 0.3) is 0 Å². The largest absolute Gasteiger partial charge is 0.488 e. The molecule has 0 aliphatic carbocycles. The van der Waals surface area contributed by atoms with Gasteiger partial charge in [0.15, 0.2) is 0 Å². The zero-order valence-electron chi connectivity index (χ0n) is 10.7. The van der Waals surface area contributed by atoms with Crippen LogP contribution in [0.25, 0.3) is 0 Å². The highest BCUT2D eigenvalue weighted by Crippen LogP contribution is 2.23. The Morgan fingerprint density at radius 2 is 1.94 bits per heavy atom. The van der Waals surface area contributed by atoms with E-state index < -0.39 is 6.10 Å². The summed E-state index contributed by atoms with van der Waals surface area (Å²) in [6.07, 6.45) is -0.521. The van der Waals surface area contributed by atoms with E-state index in [4.69, 9.17) is 16.2 Å². The quantitative estimate of drug-likeness (QED) is 0.510. The molecule has 5 heteroatoms. The molecule has 1 atom stereocenters. The minimum Gasteiger partial charge on any atom is -0.488 e. The summed E-state index contributed by atoms with van der Waals surface area (Å²) in [4.78, 5) is 0. The minimum atomic E-state index is -0.521. The maximum absolute atomic E-state index is 9.79. The number of rotatable bonds is 5. The standard InChI is InChI=1S/C12H22N3O2/c1-15(2,3)7-10(16)8-17-12-5-4-9(13)6-11(12)14/h4-6,10,16H,7-8,13-14H2,1-3H3/q+1. The molecule has 1 aromatic rings. The number of aliphatic hydroxyl groups is 1. The van der Waals surface area contributed by atoms with Gasteiger partial charge in [0.2, 0.25) is 0 Å². The first-order valence-corrected chi connectivity index (χ1v) is 5.54. The molecule has 17 heavy (non-hydrogen) atoms. The van der Waals surface area contributed by atoms with Gasteiger partial charge in [0, 0.05) is 5.69 Å². The number of nitrogen functional groups attached to an aromatic ring is 2. The smallest absolute Gasteiger partial charge is 0.142 e. The van der Waals surface area contributed by atoms with Crippen LogP contribution in [-0.2, 0) is 0 Å². The third-order valence-corrected chi connectivity index (χ3v) is 2.22. The summed E-state index contributed by atoms with van der Waals surface area (Å²) < 4.78 is 6.14. The molecule has 0 saturated heterocycles. The summed E-state index contributed by atoms with van der Waals surface area (Å²) in [5.74, 6) is 0.555. The Kier molecular flexibility index (Phi) is 4.20. The van der Waals surface area contributed by atoms with E-state index in [9.17, 15) is 5.11 Å². The van der Waals surface area contributed by atoms with Crippen LogP contribution in [0.4, 0.5) is 11.4 Å². The molecular weight excluding hydrogens is 218 g/mol. The average Bonchev–Trinajstić information content (AvgIpc) is 2.13. The minimum absolute atomic E-state index is 0.226. The number of nitrogens with two attached hydrogens (primary N) is 2. The van der Waals surface area contributed by atoms with E-state index in [0.717, 1.165) is 0 Å². The van der Waals surface area contributed by atoms with E-state index in [1.807, 2.05) is 21.1 Å². The first kappa shape index (κ1) is 13.6. The van der Waals surface area contributed by atoms with Crippen molar-refractivity contribution in [3.63, 3.8) is 0 Å². The average molecular weight is 240 g/mol. The van der Waals surface area contributed by atoms with Crippen LogP contribution in [0.15, 0.2) is 18.2 Å². The van der Waals surface area contributed by atoms with Gasteiger partial charge in [-0.25, -0.2) is 0 Å². The Hall–Kier alpha value is -1.46. The molecule has 5 N–H and O–H groups in total. The van der Waals surface area contributed by atoms with Crippen molar-refractivity contribution in [2.24, 2.45) is 0 Å². The maximum atomic E-state index is 9.79. The third kappa shape index (κ3) is 4.93. The van der Waals surface area contributed by atoms with E-state index in [0.29, 0.717) is 28.2 Å². The van der Waals surface area contributed by atoms with Crippen LogP contribution < -0.4 is 16.2 Å². The highest BCUT2D eigenvalue weighted by atomic mass is 16.5. The van der Waals surface area contributed by atoms with Crippen LogP contribution in [0.1, 0.15) is 0 Å². The van der Waals surface area contributed by atoms with E-state index >= 15 is 0 Å². The second kappa shape index (κ2) is 5.25. The van der Waals surface area contributed by atoms with E-state index in [-0.39, 0.29) is 6.61 Å². The molecule has 1 aromatic carbocycles. The topological polar surface area (TPSA) is 81.5 Å². The molecule has 0 heterocycles. The molecule has 1 unspecified atom stereocenters. The van der Waals surface area contributed by atoms with Crippen molar-refractivity contribution in [3.8, 4) is 5.75 Å². The molecule has 0 spiro atoms. The van der Waals surface area contributed by atoms with Gasteiger partial charge in [-0.15, -0.1) is 0 Å². The predicted octanol–water partition coefficient (Wildman–Crippen LogP) is 0.297. The lowest BCUT2D eigenvalue weighted by molar-refractivity contribution is -0.873. The van der Waals surface area contributed by atoms with Gasteiger partial charge in [-0.3, -0.25) is 0 Å². The number of quaternary nitrogens is 1. The number of anilines is 2. The molecule has 5 nitrogen and oxygen atoms in total. The number of aliphatic hydroxyl groups excluding tert-OH is 1. The molecule has 0 saturated carbocycles. The van der Waals surface area contributed by atoms with Gasteiger partial charge >= 0.3 is 0 Å². The number of hydrogen-bond donors (Lipinski definition) is 3. The number of hydrogen-bond acceptors (Lipinski definition) is 4. The molecule has 0 bridgehead atoms. The number of nitrogens with zero attached hydrogens (tertiary/aromatic N) is 1. The van der Waals surface area contributed by atoms with Crippen molar-refractivity contribution in [2.75, 3.05) is 45.8 Å². The van der Waals surface area contributed by atoms with Crippen LogP contribution in [0, 0.1) is 0 Å². The summed E-state index contributed by atoms with van der Waals surface area (Å²) in [5, 5.41) is 9.79. The zero-order valence-corrected chi connectivity index (χ0v) is 10.7. The molecular formula is C12H22N3O2+. The normalized spacial score (nSPS) is 13.4. The van der Waals surface area contributed by atoms with Crippen molar-refractivity contribution in [1.82, 2.24) is 0 Å². The molecule has 1 rings (SSSR count). The van der Waals surface area contributed by atoms with Crippen molar-refractivity contribution in [2.45, 2.75) is 6.10 Å². The molecule has 0 radical (unpaired) electrons. The van der Waals surface area contributed by atoms with Crippen molar-refractivity contribution >= 4 is 11.4 Å². The Morgan fingerprint density at radius 1 is 1.29 bits per heavy atom. The lowest BCUT2D eigenvalue weighted by Gasteiger charge is -2.26. The van der Waals surface area contributed by atoms with E-state index in [1.165, 1.54) is 0 Å². The number of ether oxygens (including phenoxy) is 1. The third-order valence-electron chi connectivity index (χ3n) is 2.22. The molecule has 0 aliphatic rings. The van der Waals surface area contributed by atoms with Crippen LogP contribution >= 0.6 is 0 Å². The Morgan fingerprint density at radius 3 is 2.47 bits per heavy atom. The van der Waals surface area contributed by atoms with Crippen molar-refractivity contribution in [1.29, 1.82) is 0 Å². The van der Waals surface area contributed by atoms with Gasteiger partial charge < -0.3 is 25.8 Å². The molecule has 0 aliphatic heterocycles. The Balaban J connectivity index is 2.50. The van der Waals surface area contributed by atoms with E-state index in [2.05, 4.69) is 0 Å². The Labute approximate surface area is 102 Å². The fourth-order valence-corrected chi connectivity index (χ4v) is 1.57. The molecule has 0 aromatic heterocycles. The summed E-state index contributed by atoms with van der Waals surface area (Å²) in [5.41, 5.74) is 12.4. The highest BCUT2D eigenvalue weighted by molar-refractivity contribution is 5.60. The number of benzene rings is 1. The van der Waals surface area contributed by atoms with Crippen LogP contribution in [0.5, 0.6) is 5.75 Å². The van der Waals surface area contributed by atoms with Crippen LogP contribution in [0.3, 0.4) is 0 Å². The van der Waals surface area contributed by atoms with E-state index in [1.54, 1.807) is 18.2 Å². The van der Waals surface area contributed by atoms with Crippen molar-refractivity contribution in [3.05, 3.63) is 18.2 Å². The van der Waals surface area contributed by atoms with Crippen LogP contribution in [0.2, 0.25) is 0 Å². The van der Waals surface area contributed by atoms with Crippen LogP contribution in [-0.4, -0.2) is 50.0 Å².